The van der Waals surface area contributed by atoms with Gasteiger partial charge >= 0.3 is 5.97 Å². The lowest BCUT2D eigenvalue weighted by atomic mass is 9.94. The average molecular weight is 336 g/mol. The summed E-state index contributed by atoms with van der Waals surface area (Å²) in [7, 11) is -3.77. The lowest BCUT2D eigenvalue weighted by Gasteiger charge is -2.22. The molecule has 5 nitrogen and oxygen atoms in total. The van der Waals surface area contributed by atoms with Crippen LogP contribution in [0.3, 0.4) is 0 Å². The van der Waals surface area contributed by atoms with Crippen molar-refractivity contribution in [1.29, 1.82) is 0 Å². The number of nitrogens with zero attached hydrogens (tertiary/aromatic N) is 1. The lowest BCUT2D eigenvalue weighted by molar-refractivity contribution is -0.142. The highest BCUT2D eigenvalue weighted by atomic mass is 35.5. The third-order valence-electron chi connectivity index (χ3n) is 4.21. The number of hydrogen-bond acceptors (Lipinski definition) is 4. The minimum atomic E-state index is -3.77. The molecule has 1 aromatic heterocycles. The van der Waals surface area contributed by atoms with Crippen LogP contribution in [0.2, 0.25) is 4.34 Å². The minimum Gasteiger partial charge on any atom is -0.480 e. The van der Waals surface area contributed by atoms with Crippen molar-refractivity contribution in [2.45, 2.75) is 29.5 Å². The first kappa shape index (κ1) is 14.3. The third kappa shape index (κ3) is 2.16. The summed E-state index contributed by atoms with van der Waals surface area (Å²) in [6.07, 6.45) is 2.68. The van der Waals surface area contributed by atoms with Crippen LogP contribution in [0, 0.1) is 11.8 Å². The van der Waals surface area contributed by atoms with E-state index in [1.807, 2.05) is 0 Å². The Balaban J connectivity index is 1.98. The lowest BCUT2D eigenvalue weighted by Crippen LogP contribution is -2.42. The van der Waals surface area contributed by atoms with E-state index in [0.29, 0.717) is 10.9 Å². The van der Waals surface area contributed by atoms with Crippen molar-refractivity contribution in [3.05, 3.63) is 16.5 Å². The molecule has 110 valence electrons. The zero-order valence-electron chi connectivity index (χ0n) is 10.5. The summed E-state index contributed by atoms with van der Waals surface area (Å²) in [6.45, 7) is 0.305. The van der Waals surface area contributed by atoms with Gasteiger partial charge in [0, 0.05) is 6.54 Å². The molecule has 3 rings (SSSR count). The first-order valence-electron chi connectivity index (χ1n) is 6.41. The number of halogens is 1. The number of hydrogen-bond donors (Lipinski definition) is 1. The van der Waals surface area contributed by atoms with E-state index in [1.165, 1.54) is 12.1 Å². The van der Waals surface area contributed by atoms with Crippen LogP contribution in [0.15, 0.2) is 16.3 Å². The van der Waals surface area contributed by atoms with Gasteiger partial charge in [-0.25, -0.2) is 8.42 Å². The van der Waals surface area contributed by atoms with Crippen LogP contribution in [-0.4, -0.2) is 36.4 Å². The molecule has 1 aliphatic carbocycles. The quantitative estimate of drug-likeness (QED) is 0.919. The molecule has 1 aliphatic heterocycles. The number of thiophene rings is 1. The van der Waals surface area contributed by atoms with Gasteiger partial charge in [0.05, 0.1) is 4.34 Å². The van der Waals surface area contributed by atoms with Crippen molar-refractivity contribution in [2.75, 3.05) is 6.54 Å². The van der Waals surface area contributed by atoms with Gasteiger partial charge in [0.25, 0.3) is 10.0 Å². The number of sulfonamides is 1. The molecule has 0 bridgehead atoms. The molecule has 1 saturated carbocycles. The molecule has 0 aromatic carbocycles. The van der Waals surface area contributed by atoms with Gasteiger partial charge in [-0.15, -0.1) is 11.3 Å². The monoisotopic (exact) mass is 335 g/mol. The van der Waals surface area contributed by atoms with Gasteiger partial charge in [-0.05, 0) is 36.8 Å². The molecule has 0 amide bonds. The van der Waals surface area contributed by atoms with Crippen molar-refractivity contribution in [1.82, 2.24) is 4.31 Å². The van der Waals surface area contributed by atoms with Crippen LogP contribution < -0.4 is 0 Å². The number of carboxylic acid groups (broad SMARTS) is 1. The summed E-state index contributed by atoms with van der Waals surface area (Å²) < 4.78 is 26.9. The molecule has 1 aromatic rings. The molecular formula is C12H14ClNO4S2. The van der Waals surface area contributed by atoms with Crippen molar-refractivity contribution >= 4 is 38.9 Å². The Morgan fingerprint density at radius 2 is 2.15 bits per heavy atom. The maximum absolute atomic E-state index is 12.6. The summed E-state index contributed by atoms with van der Waals surface area (Å²) >= 11 is 6.75. The molecule has 2 heterocycles. The second-order valence-corrected chi connectivity index (χ2v) is 9.10. The van der Waals surface area contributed by atoms with Gasteiger partial charge in [0.1, 0.15) is 10.3 Å². The van der Waals surface area contributed by atoms with E-state index >= 15 is 0 Å². The van der Waals surface area contributed by atoms with E-state index in [0.717, 1.165) is 34.9 Å². The van der Waals surface area contributed by atoms with E-state index in [-0.39, 0.29) is 16.0 Å². The van der Waals surface area contributed by atoms with Gasteiger partial charge in [0.2, 0.25) is 0 Å². The Labute approximate surface area is 126 Å². The fraction of sp³-hybridized carbons (Fsp3) is 0.583. The summed E-state index contributed by atoms with van der Waals surface area (Å²) in [5.41, 5.74) is 0. The Morgan fingerprint density at radius 1 is 1.40 bits per heavy atom. The highest BCUT2D eigenvalue weighted by Crippen LogP contribution is 2.45. The van der Waals surface area contributed by atoms with Crippen molar-refractivity contribution in [3.63, 3.8) is 0 Å². The zero-order chi connectivity index (χ0) is 14.5. The second-order valence-electron chi connectivity index (χ2n) is 5.27. The Hall–Kier alpha value is -0.630. The smallest absolute Gasteiger partial charge is 0.322 e. The molecule has 1 N–H and O–H groups in total. The summed E-state index contributed by atoms with van der Waals surface area (Å²) in [6, 6.07) is 2.02. The standard InChI is InChI=1S/C12H14ClNO4S2/c13-9-4-5-10(19-9)20(17,18)14-6-7-2-1-3-8(7)11(14)12(15)16/h4-5,7-8,11H,1-3,6H2,(H,15,16). The number of aliphatic carboxylic acids is 1. The highest BCUT2D eigenvalue weighted by molar-refractivity contribution is 7.91. The van der Waals surface area contributed by atoms with Gasteiger partial charge < -0.3 is 5.11 Å². The SMILES string of the molecule is O=C(O)C1C2CCCC2CN1S(=O)(=O)c1ccc(Cl)s1. The van der Waals surface area contributed by atoms with Crippen LogP contribution in [-0.2, 0) is 14.8 Å². The molecule has 0 spiro atoms. The minimum absolute atomic E-state index is 0.0577. The molecule has 2 fully saturated rings. The van der Waals surface area contributed by atoms with Crippen LogP contribution in [0.4, 0.5) is 0 Å². The molecular weight excluding hydrogens is 322 g/mol. The normalized spacial score (nSPS) is 30.6. The van der Waals surface area contributed by atoms with Crippen molar-refractivity contribution in [2.24, 2.45) is 11.8 Å². The molecule has 20 heavy (non-hydrogen) atoms. The molecule has 3 atom stereocenters. The maximum Gasteiger partial charge on any atom is 0.322 e. The number of carboxylic acids is 1. The predicted octanol–water partition coefficient (Wildman–Crippen LogP) is 2.28. The second kappa shape index (κ2) is 4.98. The van der Waals surface area contributed by atoms with Crippen molar-refractivity contribution in [3.8, 4) is 0 Å². The van der Waals surface area contributed by atoms with Crippen molar-refractivity contribution < 1.29 is 18.3 Å². The first-order valence-corrected chi connectivity index (χ1v) is 9.04. The Bertz CT molecular complexity index is 642. The van der Waals surface area contributed by atoms with Gasteiger partial charge in [0.15, 0.2) is 0 Å². The highest BCUT2D eigenvalue weighted by Gasteiger charge is 2.52. The largest absolute Gasteiger partial charge is 0.480 e. The van der Waals surface area contributed by atoms with Crippen LogP contribution >= 0.6 is 22.9 Å². The fourth-order valence-electron chi connectivity index (χ4n) is 3.37. The zero-order valence-corrected chi connectivity index (χ0v) is 12.9. The van der Waals surface area contributed by atoms with Crippen LogP contribution in [0.25, 0.3) is 0 Å². The molecule has 3 unspecified atom stereocenters. The number of rotatable bonds is 3. The van der Waals surface area contributed by atoms with Crippen LogP contribution in [0.1, 0.15) is 19.3 Å². The number of carbonyl (C=O) groups is 1. The first-order chi connectivity index (χ1) is 9.41. The third-order valence-corrected chi connectivity index (χ3v) is 7.76. The van der Waals surface area contributed by atoms with E-state index in [1.54, 1.807) is 0 Å². The summed E-state index contributed by atoms with van der Waals surface area (Å²) in [5.74, 6) is -0.940. The molecule has 8 heteroatoms. The Kier molecular flexibility index (Phi) is 3.56. The average Bonchev–Trinajstić information content (AvgIpc) is 3.00. The van der Waals surface area contributed by atoms with E-state index in [4.69, 9.17) is 11.6 Å². The maximum atomic E-state index is 12.6. The summed E-state index contributed by atoms with van der Waals surface area (Å²) in [4.78, 5) is 11.5. The van der Waals surface area contributed by atoms with Gasteiger partial charge in [-0.1, -0.05) is 18.0 Å². The fourth-order valence-corrected chi connectivity index (χ4v) is 6.67. The van der Waals surface area contributed by atoms with E-state index in [9.17, 15) is 18.3 Å². The van der Waals surface area contributed by atoms with E-state index in [2.05, 4.69) is 0 Å². The van der Waals surface area contributed by atoms with Gasteiger partial charge in [-0.2, -0.15) is 4.31 Å². The summed E-state index contributed by atoms with van der Waals surface area (Å²) in [5, 5.41) is 9.42. The van der Waals surface area contributed by atoms with Gasteiger partial charge in [-0.3, -0.25) is 4.79 Å². The van der Waals surface area contributed by atoms with Crippen LogP contribution in [0.5, 0.6) is 0 Å². The Morgan fingerprint density at radius 3 is 2.75 bits per heavy atom. The number of fused-ring (bicyclic) bond motifs is 1. The molecule has 0 radical (unpaired) electrons. The van der Waals surface area contributed by atoms with E-state index < -0.39 is 22.0 Å². The topological polar surface area (TPSA) is 74.7 Å². The molecule has 1 saturated heterocycles. The predicted molar refractivity (Wildman–Crippen MR) is 75.5 cm³/mol. The molecule has 2 aliphatic rings.